The smallest absolute Gasteiger partial charge is 0.382 e. The number of alkyl halides is 3. The maximum absolute atomic E-state index is 13.2. The molecule has 3 aromatic heterocycles. The maximum Gasteiger partial charge on any atom is 0.433 e. The number of fused-ring (bicyclic) bond motifs is 2. The zero-order valence-corrected chi connectivity index (χ0v) is 21.6. The van der Waals surface area contributed by atoms with Gasteiger partial charge in [-0.2, -0.15) is 13.2 Å². The van der Waals surface area contributed by atoms with Gasteiger partial charge in [0, 0.05) is 36.8 Å². The Labute approximate surface area is 228 Å². The Hall–Kier alpha value is -4.25. The molecule has 206 valence electrons. The van der Waals surface area contributed by atoms with E-state index in [9.17, 15) is 23.1 Å². The Bertz CT molecular complexity index is 1630. The first-order valence-electron chi connectivity index (χ1n) is 13.0. The molecule has 0 aliphatic carbocycles. The SMILES string of the molecule is C[C@@](O)(c1ccc(-c2nc([C@@H]3CC[C@H]4C=CCC(=O)N4C3)n3ccnc(N)c23)cc1)c1cccc(C(F)(F)F)n1. The van der Waals surface area contributed by atoms with Gasteiger partial charge in [0.15, 0.2) is 0 Å². The average Bonchev–Trinajstić information content (AvgIpc) is 3.34. The molecule has 0 radical (unpaired) electrons. The van der Waals surface area contributed by atoms with Crippen LogP contribution >= 0.6 is 0 Å². The monoisotopic (exact) mass is 548 g/mol. The largest absolute Gasteiger partial charge is 0.433 e. The van der Waals surface area contributed by atoms with Gasteiger partial charge in [0.25, 0.3) is 0 Å². The molecule has 0 bridgehead atoms. The molecule has 6 rings (SSSR count). The summed E-state index contributed by atoms with van der Waals surface area (Å²) in [4.78, 5) is 27.4. The lowest BCUT2D eigenvalue weighted by Crippen LogP contribution is -2.47. The van der Waals surface area contributed by atoms with Crippen molar-refractivity contribution in [2.75, 3.05) is 12.3 Å². The Kier molecular flexibility index (Phi) is 6.14. The van der Waals surface area contributed by atoms with Crippen molar-refractivity contribution in [3.8, 4) is 11.3 Å². The summed E-state index contributed by atoms with van der Waals surface area (Å²) < 4.78 is 41.5. The normalized spacial score (nSPS) is 20.9. The molecule has 0 spiro atoms. The lowest BCUT2D eigenvalue weighted by molar-refractivity contribution is -0.141. The number of rotatable bonds is 4. The van der Waals surface area contributed by atoms with Crippen LogP contribution in [0, 0.1) is 0 Å². The first-order valence-corrected chi connectivity index (χ1v) is 13.0. The average molecular weight is 549 g/mol. The quantitative estimate of drug-likeness (QED) is 0.359. The van der Waals surface area contributed by atoms with Crippen molar-refractivity contribution in [1.29, 1.82) is 0 Å². The van der Waals surface area contributed by atoms with E-state index in [4.69, 9.17) is 10.7 Å². The van der Waals surface area contributed by atoms with E-state index in [1.165, 1.54) is 19.1 Å². The second-order valence-electron chi connectivity index (χ2n) is 10.4. The van der Waals surface area contributed by atoms with Crippen LogP contribution in [0.4, 0.5) is 19.0 Å². The number of anilines is 1. The highest BCUT2D eigenvalue weighted by Crippen LogP contribution is 2.38. The van der Waals surface area contributed by atoms with Crippen LogP contribution in [-0.2, 0) is 16.6 Å². The molecule has 40 heavy (non-hydrogen) atoms. The molecule has 1 amide bonds. The van der Waals surface area contributed by atoms with E-state index in [1.54, 1.807) is 36.7 Å². The number of carbonyl (C=O) groups is 1. The van der Waals surface area contributed by atoms with Gasteiger partial charge in [-0.25, -0.2) is 15.0 Å². The molecule has 11 heteroatoms. The molecule has 5 heterocycles. The van der Waals surface area contributed by atoms with E-state index in [0.29, 0.717) is 41.1 Å². The fourth-order valence-electron chi connectivity index (χ4n) is 5.67. The summed E-state index contributed by atoms with van der Waals surface area (Å²) in [6.07, 6.45) is 4.92. The molecule has 3 N–H and O–H groups in total. The number of imidazole rings is 1. The van der Waals surface area contributed by atoms with Crippen molar-refractivity contribution in [2.45, 2.75) is 49.9 Å². The van der Waals surface area contributed by atoms with Gasteiger partial charge in [0.2, 0.25) is 5.91 Å². The predicted molar refractivity (Wildman–Crippen MR) is 142 cm³/mol. The number of halogens is 3. The zero-order chi connectivity index (χ0) is 28.2. The Balaban J connectivity index is 1.36. The number of pyridine rings is 1. The van der Waals surface area contributed by atoms with Crippen molar-refractivity contribution in [1.82, 2.24) is 24.3 Å². The Morgan fingerprint density at radius 1 is 1.05 bits per heavy atom. The van der Waals surface area contributed by atoms with E-state index in [1.807, 2.05) is 15.4 Å². The second-order valence-corrected chi connectivity index (χ2v) is 10.4. The van der Waals surface area contributed by atoms with Gasteiger partial charge in [-0.3, -0.25) is 9.20 Å². The molecule has 3 atom stereocenters. The van der Waals surface area contributed by atoms with Crippen LogP contribution in [0.1, 0.15) is 54.9 Å². The van der Waals surface area contributed by atoms with Crippen LogP contribution in [-0.4, -0.2) is 47.9 Å². The van der Waals surface area contributed by atoms with Crippen LogP contribution in [0.25, 0.3) is 16.8 Å². The number of aromatic nitrogens is 4. The van der Waals surface area contributed by atoms with Gasteiger partial charge in [-0.05, 0) is 37.5 Å². The third-order valence-electron chi connectivity index (χ3n) is 7.83. The van der Waals surface area contributed by atoms with E-state index in [2.05, 4.69) is 16.0 Å². The van der Waals surface area contributed by atoms with Crippen molar-refractivity contribution in [3.05, 3.63) is 89.8 Å². The second kappa shape index (κ2) is 9.44. The zero-order valence-electron chi connectivity index (χ0n) is 21.6. The maximum atomic E-state index is 13.2. The highest BCUT2D eigenvalue weighted by molar-refractivity contribution is 5.85. The van der Waals surface area contributed by atoms with Gasteiger partial charge in [-0.1, -0.05) is 42.5 Å². The summed E-state index contributed by atoms with van der Waals surface area (Å²) in [6.45, 7) is 1.96. The fraction of sp³-hybridized carbons (Fsp3) is 0.310. The molecule has 0 saturated carbocycles. The van der Waals surface area contributed by atoms with Crippen LogP contribution in [0.3, 0.4) is 0 Å². The number of piperidine rings is 1. The Morgan fingerprint density at radius 2 is 1.80 bits per heavy atom. The minimum Gasteiger partial charge on any atom is -0.382 e. The molecule has 1 aromatic carbocycles. The standard InChI is InChI=1S/C29H27F3N6O2/c1-28(40,21-5-3-6-22(35-21)29(30,31)32)19-11-8-17(9-12-19)24-25-26(33)34-14-15-37(25)27(36-24)18-10-13-20-4-2-7-23(39)38(20)16-18/h2-6,8-9,11-12,14-15,18,20,40H,7,10,13,16H2,1H3,(H2,33,34)/t18-,20-,28-/m1/s1. The molecular weight excluding hydrogens is 521 g/mol. The summed E-state index contributed by atoms with van der Waals surface area (Å²) in [5.41, 5.74) is 5.64. The summed E-state index contributed by atoms with van der Waals surface area (Å²) in [5, 5.41) is 11.2. The lowest BCUT2D eigenvalue weighted by atomic mass is 9.90. The third kappa shape index (κ3) is 4.40. The number of benzene rings is 1. The van der Waals surface area contributed by atoms with Crippen LogP contribution < -0.4 is 5.73 Å². The number of hydrogen-bond acceptors (Lipinski definition) is 6. The van der Waals surface area contributed by atoms with E-state index < -0.39 is 17.5 Å². The molecule has 2 aliphatic rings. The van der Waals surface area contributed by atoms with Gasteiger partial charge in [0.1, 0.15) is 34.1 Å². The van der Waals surface area contributed by atoms with Crippen LogP contribution in [0.15, 0.2) is 67.0 Å². The number of carbonyl (C=O) groups excluding carboxylic acids is 1. The van der Waals surface area contributed by atoms with Crippen molar-refractivity contribution < 1.29 is 23.1 Å². The predicted octanol–water partition coefficient (Wildman–Crippen LogP) is 4.68. The Morgan fingerprint density at radius 3 is 2.55 bits per heavy atom. The van der Waals surface area contributed by atoms with Gasteiger partial charge < -0.3 is 15.7 Å². The topological polar surface area (TPSA) is 110 Å². The van der Waals surface area contributed by atoms with E-state index >= 15 is 0 Å². The van der Waals surface area contributed by atoms with Crippen LogP contribution in [0.2, 0.25) is 0 Å². The summed E-state index contributed by atoms with van der Waals surface area (Å²) >= 11 is 0. The highest BCUT2D eigenvalue weighted by Gasteiger charge is 2.36. The highest BCUT2D eigenvalue weighted by atomic mass is 19.4. The number of amides is 1. The number of hydrogen-bond donors (Lipinski definition) is 2. The number of nitrogens with two attached hydrogens (primary N) is 1. The minimum absolute atomic E-state index is 0.00161. The first kappa shape index (κ1) is 26.0. The van der Waals surface area contributed by atoms with Crippen molar-refractivity contribution >= 4 is 17.2 Å². The number of aliphatic hydroxyl groups is 1. The number of nitrogens with zero attached hydrogens (tertiary/aromatic N) is 5. The minimum atomic E-state index is -4.62. The summed E-state index contributed by atoms with van der Waals surface area (Å²) in [6, 6.07) is 10.3. The van der Waals surface area contributed by atoms with E-state index in [0.717, 1.165) is 24.7 Å². The van der Waals surface area contributed by atoms with Gasteiger partial charge in [-0.15, -0.1) is 0 Å². The molecule has 0 unspecified atom stereocenters. The molecular formula is C29H27F3N6O2. The summed E-state index contributed by atoms with van der Waals surface area (Å²) in [7, 11) is 0. The van der Waals surface area contributed by atoms with Crippen molar-refractivity contribution in [3.63, 3.8) is 0 Å². The number of nitrogen functional groups attached to an aromatic ring is 1. The molecule has 4 aromatic rings. The lowest BCUT2D eigenvalue weighted by Gasteiger charge is -2.39. The molecule has 2 aliphatic heterocycles. The van der Waals surface area contributed by atoms with Crippen molar-refractivity contribution in [2.24, 2.45) is 0 Å². The van der Waals surface area contributed by atoms with Gasteiger partial charge in [0.05, 0.1) is 11.7 Å². The molecule has 1 fully saturated rings. The summed E-state index contributed by atoms with van der Waals surface area (Å²) in [5.74, 6) is 1.19. The molecule has 8 nitrogen and oxygen atoms in total. The molecule has 1 saturated heterocycles. The first-order chi connectivity index (χ1) is 19.0. The van der Waals surface area contributed by atoms with Crippen LogP contribution in [0.5, 0.6) is 0 Å². The fourth-order valence-corrected chi connectivity index (χ4v) is 5.67. The third-order valence-corrected chi connectivity index (χ3v) is 7.83. The van der Waals surface area contributed by atoms with E-state index in [-0.39, 0.29) is 23.6 Å². The van der Waals surface area contributed by atoms with Gasteiger partial charge >= 0.3 is 6.18 Å².